The van der Waals surface area contributed by atoms with E-state index in [1.54, 1.807) is 11.3 Å². The molecular formula is C15H24N4S. The Kier molecular flexibility index (Phi) is 3.73. The first kappa shape index (κ1) is 13.9. The van der Waals surface area contributed by atoms with E-state index in [0.717, 1.165) is 24.5 Å². The molecule has 110 valence electrons. The molecule has 0 unspecified atom stereocenters. The Morgan fingerprint density at radius 2 is 2.20 bits per heavy atom. The highest BCUT2D eigenvalue weighted by Gasteiger charge is 2.36. The van der Waals surface area contributed by atoms with Crippen LogP contribution >= 0.6 is 11.3 Å². The topological polar surface area (TPSA) is 46.6 Å². The Labute approximate surface area is 124 Å². The molecule has 3 rings (SSSR count). The van der Waals surface area contributed by atoms with Crippen LogP contribution in [-0.4, -0.2) is 29.0 Å². The molecule has 0 spiro atoms. The van der Waals surface area contributed by atoms with Crippen LogP contribution in [0.1, 0.15) is 38.8 Å². The van der Waals surface area contributed by atoms with Gasteiger partial charge in [0, 0.05) is 31.1 Å². The number of anilines is 1. The quantitative estimate of drug-likeness (QED) is 0.921. The molecule has 5 heteroatoms. The van der Waals surface area contributed by atoms with Crippen LogP contribution in [0, 0.1) is 5.41 Å². The Morgan fingerprint density at radius 1 is 1.40 bits per heavy atom. The molecule has 4 nitrogen and oxygen atoms in total. The van der Waals surface area contributed by atoms with Crippen molar-refractivity contribution in [3.8, 4) is 0 Å². The van der Waals surface area contributed by atoms with Crippen molar-refractivity contribution in [1.29, 1.82) is 0 Å². The largest absolute Gasteiger partial charge is 0.354 e. The molecule has 1 aliphatic heterocycles. The van der Waals surface area contributed by atoms with Gasteiger partial charge in [-0.05, 0) is 31.2 Å². The number of hydrogen-bond acceptors (Lipinski definition) is 4. The maximum absolute atomic E-state index is 5.80. The lowest BCUT2D eigenvalue weighted by molar-refractivity contribution is 0.301. The van der Waals surface area contributed by atoms with Crippen molar-refractivity contribution in [2.24, 2.45) is 11.1 Å². The fourth-order valence-corrected chi connectivity index (χ4v) is 4.11. The summed E-state index contributed by atoms with van der Waals surface area (Å²) < 4.78 is 2.21. The van der Waals surface area contributed by atoms with Crippen LogP contribution in [0.3, 0.4) is 0 Å². The van der Waals surface area contributed by atoms with Crippen LogP contribution in [0.4, 0.5) is 5.82 Å². The van der Waals surface area contributed by atoms with Gasteiger partial charge in [0.2, 0.25) is 0 Å². The smallest absolute Gasteiger partial charge is 0.195 e. The first-order valence-electron chi connectivity index (χ1n) is 7.62. The molecule has 0 radical (unpaired) electrons. The minimum atomic E-state index is 0.483. The molecule has 1 saturated heterocycles. The van der Waals surface area contributed by atoms with E-state index in [1.807, 2.05) is 0 Å². The highest BCUT2D eigenvalue weighted by Crippen LogP contribution is 2.40. The molecule has 3 heterocycles. The van der Waals surface area contributed by atoms with E-state index in [2.05, 4.69) is 34.7 Å². The molecule has 0 atom stereocenters. The predicted molar refractivity (Wildman–Crippen MR) is 85.7 cm³/mol. The van der Waals surface area contributed by atoms with Crippen molar-refractivity contribution in [3.63, 3.8) is 0 Å². The number of imidazole rings is 1. The molecule has 0 amide bonds. The summed E-state index contributed by atoms with van der Waals surface area (Å²) in [5.41, 5.74) is 7.56. The zero-order valence-corrected chi connectivity index (χ0v) is 13.2. The Hall–Kier alpha value is -1.07. The average Bonchev–Trinajstić information content (AvgIpc) is 3.14. The van der Waals surface area contributed by atoms with Crippen molar-refractivity contribution >= 4 is 22.1 Å². The molecule has 2 aromatic rings. The first-order chi connectivity index (χ1) is 9.73. The molecule has 0 bridgehead atoms. The van der Waals surface area contributed by atoms with Gasteiger partial charge in [-0.15, -0.1) is 11.3 Å². The van der Waals surface area contributed by atoms with E-state index in [4.69, 9.17) is 10.7 Å². The van der Waals surface area contributed by atoms with Gasteiger partial charge >= 0.3 is 0 Å². The van der Waals surface area contributed by atoms with Crippen LogP contribution in [0.25, 0.3) is 4.96 Å². The fraction of sp³-hybridized carbons (Fsp3) is 0.667. The van der Waals surface area contributed by atoms with Gasteiger partial charge in [-0.25, -0.2) is 4.98 Å². The number of aromatic nitrogens is 2. The van der Waals surface area contributed by atoms with Crippen molar-refractivity contribution in [1.82, 2.24) is 9.38 Å². The van der Waals surface area contributed by atoms with E-state index in [0.29, 0.717) is 12.0 Å². The maximum atomic E-state index is 5.80. The lowest BCUT2D eigenvalue weighted by Crippen LogP contribution is -2.27. The van der Waals surface area contributed by atoms with Crippen LogP contribution in [0.2, 0.25) is 0 Å². The van der Waals surface area contributed by atoms with Gasteiger partial charge in [0.1, 0.15) is 0 Å². The summed E-state index contributed by atoms with van der Waals surface area (Å²) >= 11 is 1.70. The normalized spacial score (nSPS) is 18.2. The zero-order valence-electron chi connectivity index (χ0n) is 12.4. The second-order valence-corrected chi connectivity index (χ2v) is 6.73. The highest BCUT2D eigenvalue weighted by atomic mass is 32.1. The van der Waals surface area contributed by atoms with Gasteiger partial charge in [-0.1, -0.05) is 13.8 Å². The summed E-state index contributed by atoms with van der Waals surface area (Å²) in [6.07, 6.45) is 6.82. The second-order valence-electron chi connectivity index (χ2n) is 5.86. The zero-order chi connectivity index (χ0) is 14.2. The molecule has 2 N–H and O–H groups in total. The summed E-state index contributed by atoms with van der Waals surface area (Å²) in [7, 11) is 0. The number of thiazole rings is 1. The van der Waals surface area contributed by atoms with Gasteiger partial charge < -0.3 is 10.6 Å². The van der Waals surface area contributed by atoms with Crippen molar-refractivity contribution < 1.29 is 0 Å². The highest BCUT2D eigenvalue weighted by molar-refractivity contribution is 7.15. The van der Waals surface area contributed by atoms with E-state index >= 15 is 0 Å². The standard InChI is InChI=1S/C15H24N4S/c1-3-15(4-2)6-8-18(11-15)13-12(5-7-16)19-9-10-20-14(19)17-13/h9-10H,3-8,11,16H2,1-2H3. The van der Waals surface area contributed by atoms with Crippen LogP contribution in [0.5, 0.6) is 0 Å². The summed E-state index contributed by atoms with van der Waals surface area (Å²) in [6.45, 7) is 7.59. The predicted octanol–water partition coefficient (Wildman–Crippen LogP) is 2.91. The van der Waals surface area contributed by atoms with E-state index < -0.39 is 0 Å². The van der Waals surface area contributed by atoms with Gasteiger partial charge in [0.15, 0.2) is 10.8 Å². The Bertz CT molecular complexity index is 582. The summed E-state index contributed by atoms with van der Waals surface area (Å²) in [4.78, 5) is 8.43. The average molecular weight is 292 g/mol. The Balaban J connectivity index is 1.94. The lowest BCUT2D eigenvalue weighted by Gasteiger charge is -2.26. The molecule has 2 aromatic heterocycles. The molecule has 1 aliphatic rings. The van der Waals surface area contributed by atoms with Gasteiger partial charge in [0.25, 0.3) is 0 Å². The van der Waals surface area contributed by atoms with Crippen molar-refractivity contribution in [2.45, 2.75) is 39.5 Å². The van der Waals surface area contributed by atoms with Crippen LogP contribution < -0.4 is 10.6 Å². The monoisotopic (exact) mass is 292 g/mol. The lowest BCUT2D eigenvalue weighted by atomic mass is 9.82. The molecule has 1 fully saturated rings. The SMILES string of the molecule is CCC1(CC)CCN(c2nc3sccn3c2CCN)C1. The Morgan fingerprint density at radius 3 is 2.85 bits per heavy atom. The molecule has 0 saturated carbocycles. The molecule has 0 aliphatic carbocycles. The number of fused-ring (bicyclic) bond motifs is 1. The first-order valence-corrected chi connectivity index (χ1v) is 8.50. The van der Waals surface area contributed by atoms with Crippen LogP contribution in [0.15, 0.2) is 11.6 Å². The third kappa shape index (κ3) is 2.13. The summed E-state index contributed by atoms with van der Waals surface area (Å²) in [6, 6.07) is 0. The minimum absolute atomic E-state index is 0.483. The van der Waals surface area contributed by atoms with E-state index in [9.17, 15) is 0 Å². The summed E-state index contributed by atoms with van der Waals surface area (Å²) in [5, 5.41) is 2.10. The van der Waals surface area contributed by atoms with Gasteiger partial charge in [0.05, 0.1) is 5.69 Å². The molecule has 20 heavy (non-hydrogen) atoms. The van der Waals surface area contributed by atoms with Gasteiger partial charge in [-0.2, -0.15) is 0 Å². The number of hydrogen-bond donors (Lipinski definition) is 1. The minimum Gasteiger partial charge on any atom is -0.354 e. The number of nitrogens with two attached hydrogens (primary N) is 1. The van der Waals surface area contributed by atoms with Crippen molar-refractivity contribution in [3.05, 3.63) is 17.3 Å². The van der Waals surface area contributed by atoms with Crippen molar-refractivity contribution in [2.75, 3.05) is 24.5 Å². The molecular weight excluding hydrogens is 268 g/mol. The van der Waals surface area contributed by atoms with E-state index in [1.165, 1.54) is 30.8 Å². The fourth-order valence-electron chi connectivity index (χ4n) is 3.39. The van der Waals surface area contributed by atoms with Crippen LogP contribution in [-0.2, 0) is 6.42 Å². The third-order valence-electron chi connectivity index (χ3n) is 4.96. The number of nitrogens with zero attached hydrogens (tertiary/aromatic N) is 3. The number of rotatable bonds is 5. The third-order valence-corrected chi connectivity index (χ3v) is 5.72. The van der Waals surface area contributed by atoms with Gasteiger partial charge in [-0.3, -0.25) is 4.40 Å². The second kappa shape index (κ2) is 5.37. The van der Waals surface area contributed by atoms with E-state index in [-0.39, 0.29) is 0 Å². The molecule has 0 aromatic carbocycles. The summed E-state index contributed by atoms with van der Waals surface area (Å²) in [5.74, 6) is 1.17. The maximum Gasteiger partial charge on any atom is 0.195 e.